The summed E-state index contributed by atoms with van der Waals surface area (Å²) in [4.78, 5) is 1.66. The zero-order chi connectivity index (χ0) is 18.0. The molecule has 0 unspecified atom stereocenters. The van der Waals surface area contributed by atoms with Gasteiger partial charge < -0.3 is 4.90 Å². The van der Waals surface area contributed by atoms with E-state index < -0.39 is 40.6 Å². The third kappa shape index (κ3) is 3.85. The second-order valence-corrected chi connectivity index (χ2v) is 6.92. The van der Waals surface area contributed by atoms with Gasteiger partial charge in [0.1, 0.15) is 0 Å². The molecule has 4 nitrogen and oxygen atoms in total. The lowest BCUT2D eigenvalue weighted by atomic mass is 10.2. The van der Waals surface area contributed by atoms with E-state index in [1.165, 1.54) is 0 Å². The molecule has 0 spiro atoms. The molecule has 0 fully saturated rings. The molecule has 0 aromatic heterocycles. The van der Waals surface area contributed by atoms with Crippen molar-refractivity contribution in [3.05, 3.63) is 0 Å². The van der Waals surface area contributed by atoms with E-state index in [-0.39, 0.29) is 10.8 Å². The zero-order valence-electron chi connectivity index (χ0n) is 12.7. The molecule has 134 valence electrons. The summed E-state index contributed by atoms with van der Waals surface area (Å²) >= 11 is 0. The maximum atomic E-state index is 13.5. The number of halogens is 6. The van der Waals surface area contributed by atoms with Crippen LogP contribution in [-0.4, -0.2) is 67.9 Å². The molecule has 0 heterocycles. The highest BCUT2D eigenvalue weighted by Gasteiger charge is 2.76. The molecular formula is C11H20F6N2O2S. The maximum absolute atomic E-state index is 13.5. The van der Waals surface area contributed by atoms with Crippen LogP contribution < -0.4 is 0 Å². The Morgan fingerprint density at radius 1 is 0.909 bits per heavy atom. The third-order valence-electron chi connectivity index (χ3n) is 3.28. The maximum Gasteiger partial charge on any atom is 0.427 e. The van der Waals surface area contributed by atoms with Crippen LogP contribution in [0.5, 0.6) is 0 Å². The second-order valence-electron chi connectivity index (χ2n) is 4.83. The number of likely N-dealkylation sites (N-methyl/N-ethyl adjacent to an activating group) is 2. The minimum atomic E-state index is -6.03. The molecule has 0 saturated carbocycles. The Hall–Kier alpha value is -0.550. The number of sulfonamides is 1. The Kier molecular flexibility index (Phi) is 6.74. The van der Waals surface area contributed by atoms with Crippen molar-refractivity contribution in [3.8, 4) is 0 Å². The van der Waals surface area contributed by atoms with Gasteiger partial charge in [-0.15, -0.1) is 0 Å². The average Bonchev–Trinajstić information content (AvgIpc) is 2.37. The Balaban J connectivity index is 5.37. The summed E-state index contributed by atoms with van der Waals surface area (Å²) < 4.78 is 102. The monoisotopic (exact) mass is 358 g/mol. The Bertz CT molecular complexity index is 460. The van der Waals surface area contributed by atoms with E-state index in [0.29, 0.717) is 20.1 Å². The van der Waals surface area contributed by atoms with Crippen LogP contribution in [0, 0.1) is 0 Å². The van der Waals surface area contributed by atoms with E-state index in [4.69, 9.17) is 0 Å². The van der Waals surface area contributed by atoms with Crippen molar-refractivity contribution in [2.24, 2.45) is 0 Å². The molecule has 0 radical (unpaired) electrons. The van der Waals surface area contributed by atoms with Crippen LogP contribution in [0.1, 0.15) is 20.8 Å². The van der Waals surface area contributed by atoms with Crippen molar-refractivity contribution in [1.29, 1.82) is 0 Å². The number of alkyl halides is 6. The Labute approximate surface area is 126 Å². The summed E-state index contributed by atoms with van der Waals surface area (Å²) in [6, 6.07) is 0. The Morgan fingerprint density at radius 2 is 1.32 bits per heavy atom. The molecule has 0 aliphatic rings. The number of rotatable bonds is 9. The van der Waals surface area contributed by atoms with E-state index in [1.807, 2.05) is 0 Å². The van der Waals surface area contributed by atoms with Crippen molar-refractivity contribution >= 4 is 10.0 Å². The van der Waals surface area contributed by atoms with Crippen LogP contribution in [-0.2, 0) is 10.0 Å². The van der Waals surface area contributed by atoms with Gasteiger partial charge in [0, 0.05) is 27.1 Å². The minimum absolute atomic E-state index is 0.00684. The molecule has 0 saturated heterocycles. The van der Waals surface area contributed by atoms with Gasteiger partial charge in [-0.3, -0.25) is 0 Å². The number of hydrogen-bond acceptors (Lipinski definition) is 3. The first kappa shape index (κ1) is 21.4. The lowest BCUT2D eigenvalue weighted by Crippen LogP contribution is -2.60. The van der Waals surface area contributed by atoms with Crippen molar-refractivity contribution in [2.45, 2.75) is 37.9 Å². The lowest BCUT2D eigenvalue weighted by molar-refractivity contribution is -0.272. The van der Waals surface area contributed by atoms with Crippen LogP contribution in [0.2, 0.25) is 0 Å². The molecule has 0 aliphatic heterocycles. The molecule has 0 aliphatic carbocycles. The van der Waals surface area contributed by atoms with Crippen molar-refractivity contribution in [2.75, 3.05) is 33.2 Å². The predicted molar refractivity (Wildman–Crippen MR) is 69.9 cm³/mol. The van der Waals surface area contributed by atoms with Gasteiger partial charge in [0.05, 0.1) is 0 Å². The molecule has 0 bridgehead atoms. The highest BCUT2D eigenvalue weighted by atomic mass is 32.2. The number of nitrogens with zero attached hydrogens (tertiary/aromatic N) is 2. The molecule has 11 heteroatoms. The second kappa shape index (κ2) is 6.91. The van der Waals surface area contributed by atoms with Crippen molar-refractivity contribution in [3.63, 3.8) is 0 Å². The van der Waals surface area contributed by atoms with Crippen LogP contribution in [0.3, 0.4) is 0 Å². The average molecular weight is 358 g/mol. The van der Waals surface area contributed by atoms with Gasteiger partial charge in [-0.1, -0.05) is 13.8 Å². The van der Waals surface area contributed by atoms with Gasteiger partial charge in [0.25, 0.3) is 10.0 Å². The molecular weight excluding hydrogens is 338 g/mol. The summed E-state index contributed by atoms with van der Waals surface area (Å²) in [5.41, 5.74) is 0. The summed E-state index contributed by atoms with van der Waals surface area (Å²) in [5.74, 6) is -11.2. The molecule has 0 atom stereocenters. The quantitative estimate of drug-likeness (QED) is 0.595. The van der Waals surface area contributed by atoms with Crippen LogP contribution >= 0.6 is 0 Å². The first-order chi connectivity index (χ1) is 9.66. The van der Waals surface area contributed by atoms with Crippen LogP contribution in [0.4, 0.5) is 26.3 Å². The van der Waals surface area contributed by atoms with E-state index in [1.54, 1.807) is 18.7 Å². The standard InChI is InChI=1S/C11H20F6N2O2S/c1-5-19(6-2)8-7-18(4)22(20,21)11(16,17)10(14,15)9(3,12)13/h5-8H2,1-4H3. The van der Waals surface area contributed by atoms with E-state index in [9.17, 15) is 34.8 Å². The fourth-order valence-corrected chi connectivity index (χ4v) is 2.77. The highest BCUT2D eigenvalue weighted by Crippen LogP contribution is 2.48. The minimum Gasteiger partial charge on any atom is -0.303 e. The molecule has 0 aromatic carbocycles. The fraction of sp³-hybridized carbons (Fsp3) is 1.00. The lowest BCUT2D eigenvalue weighted by Gasteiger charge is -2.33. The number of hydrogen-bond donors (Lipinski definition) is 0. The van der Waals surface area contributed by atoms with Gasteiger partial charge >= 0.3 is 17.1 Å². The van der Waals surface area contributed by atoms with Gasteiger partial charge in [-0.05, 0) is 13.1 Å². The molecule has 0 rings (SSSR count). The first-order valence-electron chi connectivity index (χ1n) is 6.48. The van der Waals surface area contributed by atoms with E-state index in [0.717, 1.165) is 0 Å². The summed E-state index contributed by atoms with van der Waals surface area (Å²) in [7, 11) is -5.30. The topological polar surface area (TPSA) is 40.6 Å². The third-order valence-corrected chi connectivity index (χ3v) is 5.18. The van der Waals surface area contributed by atoms with E-state index in [2.05, 4.69) is 0 Å². The molecule has 22 heavy (non-hydrogen) atoms. The van der Waals surface area contributed by atoms with Gasteiger partial charge in [0.2, 0.25) is 0 Å². The summed E-state index contributed by atoms with van der Waals surface area (Å²) in [5, 5.41) is -5.92. The molecule has 0 aromatic rings. The van der Waals surface area contributed by atoms with Gasteiger partial charge in [0.15, 0.2) is 0 Å². The predicted octanol–water partition coefficient (Wildman–Crippen LogP) is 2.47. The van der Waals surface area contributed by atoms with Crippen molar-refractivity contribution < 1.29 is 34.8 Å². The first-order valence-corrected chi connectivity index (χ1v) is 7.92. The van der Waals surface area contributed by atoms with Crippen molar-refractivity contribution in [1.82, 2.24) is 9.21 Å². The smallest absolute Gasteiger partial charge is 0.303 e. The fourth-order valence-electron chi connectivity index (χ4n) is 1.56. The summed E-state index contributed by atoms with van der Waals surface area (Å²) in [6.07, 6.45) is 0. The highest BCUT2D eigenvalue weighted by molar-refractivity contribution is 7.90. The normalized spacial score (nSPS) is 14.9. The van der Waals surface area contributed by atoms with Crippen LogP contribution in [0.15, 0.2) is 0 Å². The van der Waals surface area contributed by atoms with Gasteiger partial charge in [-0.25, -0.2) is 8.42 Å². The SMILES string of the molecule is CCN(CC)CCN(C)S(=O)(=O)C(F)(F)C(F)(F)C(C)(F)F. The molecule has 0 amide bonds. The van der Waals surface area contributed by atoms with Crippen LogP contribution in [0.25, 0.3) is 0 Å². The van der Waals surface area contributed by atoms with E-state index >= 15 is 0 Å². The Morgan fingerprint density at radius 3 is 1.64 bits per heavy atom. The molecule has 0 N–H and O–H groups in total. The largest absolute Gasteiger partial charge is 0.427 e. The van der Waals surface area contributed by atoms with Gasteiger partial charge in [-0.2, -0.15) is 30.6 Å². The zero-order valence-corrected chi connectivity index (χ0v) is 13.5. The summed E-state index contributed by atoms with van der Waals surface area (Å²) in [6.45, 7) is 3.48.